The second-order valence-electron chi connectivity index (χ2n) is 8.02. The maximum Gasteiger partial charge on any atom is 2.00 e. The van der Waals surface area contributed by atoms with E-state index in [-0.39, 0.29) is 49.9 Å². The molecular formula is C25H24CaNO5+. The number of aromatic nitrogens is 1. The van der Waals surface area contributed by atoms with Crippen LogP contribution in [-0.4, -0.2) is 76.2 Å². The number of rotatable bonds is 8. The number of para-hydroxylation sites is 1. The van der Waals surface area contributed by atoms with Crippen molar-refractivity contribution in [2.24, 2.45) is 0 Å². The van der Waals surface area contributed by atoms with Crippen molar-refractivity contribution in [1.29, 1.82) is 0 Å². The van der Waals surface area contributed by atoms with Gasteiger partial charge in [0.15, 0.2) is 0 Å². The first-order valence-electron chi connectivity index (χ1n) is 10.4. The molecule has 3 aromatic rings. The first kappa shape index (κ1) is 24.7. The molecule has 1 heterocycles. The van der Waals surface area contributed by atoms with Gasteiger partial charge in [0, 0.05) is 41.2 Å². The van der Waals surface area contributed by atoms with Crippen molar-refractivity contribution < 1.29 is 25.2 Å². The van der Waals surface area contributed by atoms with Gasteiger partial charge >= 0.3 is 37.7 Å². The van der Waals surface area contributed by atoms with E-state index < -0.39 is 24.6 Å². The van der Waals surface area contributed by atoms with Crippen LogP contribution in [0.2, 0.25) is 0 Å². The van der Waals surface area contributed by atoms with E-state index in [9.17, 15) is 25.2 Å². The number of pyridine rings is 1. The second-order valence-corrected chi connectivity index (χ2v) is 8.02. The van der Waals surface area contributed by atoms with Crippen molar-refractivity contribution >= 4 is 60.7 Å². The molecule has 0 amide bonds. The molecule has 0 radical (unpaired) electrons. The van der Waals surface area contributed by atoms with Crippen molar-refractivity contribution in [3.8, 4) is 16.9 Å². The number of fused-ring (bicyclic) bond motifs is 1. The summed E-state index contributed by atoms with van der Waals surface area (Å²) >= 11 is 0. The third-order valence-electron chi connectivity index (χ3n) is 5.48. The minimum absolute atomic E-state index is 0. The van der Waals surface area contributed by atoms with Crippen LogP contribution in [0.1, 0.15) is 42.9 Å². The largest absolute Gasteiger partial charge is 2.00 e. The molecule has 1 aliphatic rings. The van der Waals surface area contributed by atoms with E-state index in [4.69, 9.17) is 4.98 Å². The Kier molecular flexibility index (Phi) is 8.31. The molecule has 7 heteroatoms. The van der Waals surface area contributed by atoms with E-state index in [1.54, 1.807) is 18.2 Å². The molecule has 2 aromatic carbocycles. The number of phenolic OH excluding ortho intramolecular Hbond substituents is 1. The topological polar surface area (TPSA) is 114 Å². The summed E-state index contributed by atoms with van der Waals surface area (Å²) in [5.41, 5.74) is 4.62. The summed E-state index contributed by atoms with van der Waals surface area (Å²) in [5.74, 6) is -0.826. The zero-order valence-corrected chi connectivity index (χ0v) is 19.9. The first-order chi connectivity index (χ1) is 14.9. The number of phenols is 1. The van der Waals surface area contributed by atoms with E-state index >= 15 is 0 Å². The zero-order chi connectivity index (χ0) is 22.0. The molecule has 2 atom stereocenters. The van der Waals surface area contributed by atoms with Gasteiger partial charge in [-0.3, -0.25) is 4.98 Å². The number of nitrogens with zero attached hydrogens (tertiary/aromatic N) is 1. The van der Waals surface area contributed by atoms with E-state index in [0.717, 1.165) is 46.1 Å². The maximum absolute atomic E-state index is 10.7. The SMILES string of the molecule is O=C([O-])C[C@H](O)C[C@H](O)/C=C/c1c(C2CC2)nc2ccccc2c1-c1ccc(O)cc1.[Ca+2]. The average Bonchev–Trinajstić information content (AvgIpc) is 3.56. The molecule has 0 unspecified atom stereocenters. The molecule has 3 N–H and O–H groups in total. The molecule has 1 fully saturated rings. The molecule has 4 rings (SSSR count). The fourth-order valence-corrected chi connectivity index (χ4v) is 3.86. The second kappa shape index (κ2) is 10.8. The van der Waals surface area contributed by atoms with Gasteiger partial charge in [0.25, 0.3) is 0 Å². The smallest absolute Gasteiger partial charge is 0.550 e. The summed E-state index contributed by atoms with van der Waals surface area (Å²) in [6.07, 6.45) is 2.67. The molecule has 1 saturated carbocycles. The summed E-state index contributed by atoms with van der Waals surface area (Å²) in [6.45, 7) is 0. The molecular weight excluding hydrogens is 434 g/mol. The normalized spacial score (nSPS) is 15.4. The Hall–Kier alpha value is -1.96. The molecule has 0 saturated heterocycles. The quantitative estimate of drug-likeness (QED) is 0.447. The minimum atomic E-state index is -1.35. The van der Waals surface area contributed by atoms with Crippen LogP contribution >= 0.6 is 0 Å². The number of carbonyl (C=O) groups excluding carboxylic acids is 1. The summed E-state index contributed by atoms with van der Waals surface area (Å²) in [4.78, 5) is 15.6. The Balaban J connectivity index is 0.00000289. The molecule has 1 aliphatic carbocycles. The van der Waals surface area contributed by atoms with Gasteiger partial charge in [-0.05, 0) is 36.6 Å². The van der Waals surface area contributed by atoms with Crippen molar-refractivity contribution in [3.63, 3.8) is 0 Å². The van der Waals surface area contributed by atoms with E-state index in [2.05, 4.69) is 0 Å². The number of carbonyl (C=O) groups is 1. The van der Waals surface area contributed by atoms with Crippen LogP contribution < -0.4 is 5.11 Å². The predicted octanol–water partition coefficient (Wildman–Crippen LogP) is 2.37. The number of benzene rings is 2. The van der Waals surface area contributed by atoms with E-state index in [0.29, 0.717) is 5.92 Å². The van der Waals surface area contributed by atoms with Crippen LogP contribution in [-0.2, 0) is 4.79 Å². The fourth-order valence-electron chi connectivity index (χ4n) is 3.86. The number of carboxylic acids is 1. The van der Waals surface area contributed by atoms with Gasteiger partial charge < -0.3 is 25.2 Å². The first-order valence-corrected chi connectivity index (χ1v) is 10.4. The van der Waals surface area contributed by atoms with Crippen molar-refractivity contribution in [2.75, 3.05) is 0 Å². The van der Waals surface area contributed by atoms with Gasteiger partial charge in [0.2, 0.25) is 0 Å². The summed E-state index contributed by atoms with van der Waals surface area (Å²) in [7, 11) is 0. The summed E-state index contributed by atoms with van der Waals surface area (Å²) in [5, 5.41) is 41.5. The third kappa shape index (κ3) is 5.88. The number of aliphatic hydroxyl groups excluding tert-OH is 2. The number of aromatic hydroxyl groups is 1. The summed E-state index contributed by atoms with van der Waals surface area (Å²) < 4.78 is 0. The fraction of sp³-hybridized carbons (Fsp3) is 0.280. The standard InChI is InChI=1S/C25H25NO5.Ca/c27-17-9-7-15(8-10-17)24-20-3-1-2-4-22(20)26-25(16-5-6-16)21(24)12-11-18(28)13-19(29)14-23(30)31;/h1-4,7-12,16,18-19,27-29H,5-6,13-14H2,(H,30,31);/q;+2/p-1/b12-11+;/t18-,19-;/m1./s1. The Morgan fingerprint density at radius 2 is 1.81 bits per heavy atom. The van der Waals surface area contributed by atoms with Crippen molar-refractivity contribution in [1.82, 2.24) is 4.98 Å². The molecule has 0 spiro atoms. The maximum atomic E-state index is 10.7. The van der Waals surface area contributed by atoms with Gasteiger partial charge in [-0.25, -0.2) is 0 Å². The third-order valence-corrected chi connectivity index (χ3v) is 5.48. The Bertz CT molecular complexity index is 1130. The van der Waals surface area contributed by atoms with Crippen LogP contribution in [0.4, 0.5) is 0 Å². The predicted molar refractivity (Wildman–Crippen MR) is 122 cm³/mol. The van der Waals surface area contributed by atoms with Crippen molar-refractivity contribution in [2.45, 2.75) is 43.8 Å². The van der Waals surface area contributed by atoms with Crippen LogP contribution in [0.25, 0.3) is 28.1 Å². The molecule has 1 aromatic heterocycles. The Labute approximate surface area is 216 Å². The molecule has 32 heavy (non-hydrogen) atoms. The van der Waals surface area contributed by atoms with Crippen LogP contribution in [0.3, 0.4) is 0 Å². The van der Waals surface area contributed by atoms with Gasteiger partial charge in [-0.1, -0.05) is 42.5 Å². The minimum Gasteiger partial charge on any atom is -0.550 e. The zero-order valence-electron chi connectivity index (χ0n) is 17.6. The van der Waals surface area contributed by atoms with E-state index in [1.165, 1.54) is 0 Å². The number of hydrogen-bond donors (Lipinski definition) is 3. The molecule has 0 bridgehead atoms. The Morgan fingerprint density at radius 3 is 2.47 bits per heavy atom. The van der Waals surface area contributed by atoms with Crippen molar-refractivity contribution in [3.05, 3.63) is 65.9 Å². The number of hydrogen-bond acceptors (Lipinski definition) is 6. The number of carboxylic acid groups (broad SMARTS) is 1. The van der Waals surface area contributed by atoms with Gasteiger partial charge in [0.05, 0.1) is 23.4 Å². The van der Waals surface area contributed by atoms with Gasteiger partial charge in [-0.2, -0.15) is 0 Å². The molecule has 160 valence electrons. The number of aliphatic carboxylic acids is 1. The van der Waals surface area contributed by atoms with Gasteiger partial charge in [-0.15, -0.1) is 0 Å². The van der Waals surface area contributed by atoms with Crippen LogP contribution in [0.15, 0.2) is 54.6 Å². The Morgan fingerprint density at radius 1 is 1.12 bits per heavy atom. The average molecular weight is 459 g/mol. The van der Waals surface area contributed by atoms with Gasteiger partial charge in [0.1, 0.15) is 5.75 Å². The molecule has 6 nitrogen and oxygen atoms in total. The summed E-state index contributed by atoms with van der Waals surface area (Å²) in [6, 6.07) is 14.9. The van der Waals surface area contributed by atoms with Crippen LogP contribution in [0.5, 0.6) is 5.75 Å². The monoisotopic (exact) mass is 458 g/mol. The van der Waals surface area contributed by atoms with Crippen LogP contribution in [0, 0.1) is 0 Å². The van der Waals surface area contributed by atoms with E-state index in [1.807, 2.05) is 42.5 Å². The molecule has 0 aliphatic heterocycles. The number of aliphatic hydroxyl groups is 2.